The van der Waals surface area contributed by atoms with Crippen LogP contribution in [0.15, 0.2) is 18.2 Å². The molecule has 0 saturated heterocycles. The van der Waals surface area contributed by atoms with E-state index in [-0.39, 0.29) is 17.0 Å². The Morgan fingerprint density at radius 2 is 2.15 bits per heavy atom. The molecule has 0 bridgehead atoms. The van der Waals surface area contributed by atoms with Crippen molar-refractivity contribution >= 4 is 29.2 Å². The number of halogens is 1. The molecule has 0 aliphatic heterocycles. The smallest absolute Gasteiger partial charge is 0.326 e. The van der Waals surface area contributed by atoms with Crippen molar-refractivity contribution in [2.45, 2.75) is 25.8 Å². The number of nitrogens with zero attached hydrogens (tertiary/aromatic N) is 1. The molecule has 108 valence electrons. The third kappa shape index (κ3) is 3.67. The zero-order valence-corrected chi connectivity index (χ0v) is 11.4. The number of nitro benzene ring substituents is 1. The molecule has 0 aliphatic rings. The lowest BCUT2D eigenvalue weighted by Crippen LogP contribution is -2.40. The number of nitrogens with one attached hydrogen (secondary N) is 1. The van der Waals surface area contributed by atoms with Crippen molar-refractivity contribution in [1.29, 1.82) is 0 Å². The molecule has 0 unspecified atom stereocenters. The number of hydrogen-bond donors (Lipinski definition) is 2. The van der Waals surface area contributed by atoms with Crippen LogP contribution in [0, 0.1) is 10.1 Å². The Kier molecular flexibility index (Phi) is 5.45. The number of nitro groups is 1. The minimum absolute atomic E-state index is 0.0997. The second kappa shape index (κ2) is 6.85. The molecule has 1 atom stereocenters. The number of carbonyl (C=O) groups is 2. The van der Waals surface area contributed by atoms with E-state index in [2.05, 4.69) is 5.32 Å². The highest BCUT2D eigenvalue weighted by Gasteiger charge is 2.27. The summed E-state index contributed by atoms with van der Waals surface area (Å²) in [5, 5.41) is 22.0. The van der Waals surface area contributed by atoms with Crippen LogP contribution in [-0.2, 0) is 4.79 Å². The standard InChI is InChI=1S/C12H13ClN2O5/c1-2-4-8(12(17)18)14-11(16)10-7(13)5-3-6-9(10)15(19)20/h3,5-6,8H,2,4H2,1H3,(H,14,16)(H,17,18)/t8-/m1/s1. The van der Waals surface area contributed by atoms with E-state index in [1.807, 2.05) is 0 Å². The lowest BCUT2D eigenvalue weighted by molar-refractivity contribution is -0.385. The van der Waals surface area contributed by atoms with Crippen LogP contribution in [0.4, 0.5) is 5.69 Å². The first-order chi connectivity index (χ1) is 9.38. The summed E-state index contributed by atoms with van der Waals surface area (Å²) in [5.74, 6) is -2.07. The maximum absolute atomic E-state index is 12.0. The van der Waals surface area contributed by atoms with Crippen molar-refractivity contribution in [3.63, 3.8) is 0 Å². The third-order valence-electron chi connectivity index (χ3n) is 2.60. The summed E-state index contributed by atoms with van der Waals surface area (Å²) >= 11 is 5.80. The average molecular weight is 301 g/mol. The van der Waals surface area contributed by atoms with Gasteiger partial charge in [0.1, 0.15) is 11.6 Å². The molecule has 0 saturated carbocycles. The molecule has 1 amide bonds. The van der Waals surface area contributed by atoms with Gasteiger partial charge in [0.25, 0.3) is 11.6 Å². The molecule has 8 heteroatoms. The van der Waals surface area contributed by atoms with E-state index < -0.39 is 28.5 Å². The summed E-state index contributed by atoms with van der Waals surface area (Å²) in [6.07, 6.45) is 0.765. The summed E-state index contributed by atoms with van der Waals surface area (Å²) in [5.41, 5.74) is -0.794. The van der Waals surface area contributed by atoms with Gasteiger partial charge in [-0.1, -0.05) is 31.0 Å². The minimum atomic E-state index is -1.20. The first-order valence-electron chi connectivity index (χ1n) is 5.85. The number of amides is 1. The van der Waals surface area contributed by atoms with Crippen LogP contribution < -0.4 is 5.32 Å². The van der Waals surface area contributed by atoms with Gasteiger partial charge in [-0.05, 0) is 12.5 Å². The lowest BCUT2D eigenvalue weighted by atomic mass is 10.1. The molecule has 7 nitrogen and oxygen atoms in total. The molecule has 2 N–H and O–H groups in total. The van der Waals surface area contributed by atoms with Crippen LogP contribution in [0.5, 0.6) is 0 Å². The molecular weight excluding hydrogens is 288 g/mol. The van der Waals surface area contributed by atoms with Crippen molar-refractivity contribution in [3.05, 3.63) is 38.9 Å². The highest BCUT2D eigenvalue weighted by Crippen LogP contribution is 2.26. The van der Waals surface area contributed by atoms with Crippen LogP contribution in [0.1, 0.15) is 30.1 Å². The van der Waals surface area contributed by atoms with Crippen LogP contribution in [0.3, 0.4) is 0 Å². The highest BCUT2D eigenvalue weighted by molar-refractivity contribution is 6.34. The topological polar surface area (TPSA) is 110 Å². The molecule has 0 aromatic heterocycles. The second-order valence-electron chi connectivity index (χ2n) is 4.04. The number of carboxylic acid groups (broad SMARTS) is 1. The normalized spacial score (nSPS) is 11.7. The lowest BCUT2D eigenvalue weighted by Gasteiger charge is -2.14. The first kappa shape index (κ1) is 15.9. The number of carboxylic acids is 1. The Hall–Kier alpha value is -2.15. The van der Waals surface area contributed by atoms with E-state index >= 15 is 0 Å². The molecule has 1 aromatic carbocycles. The fraction of sp³-hybridized carbons (Fsp3) is 0.333. The molecule has 0 radical (unpaired) electrons. The van der Waals surface area contributed by atoms with Gasteiger partial charge < -0.3 is 10.4 Å². The van der Waals surface area contributed by atoms with Gasteiger partial charge in [-0.3, -0.25) is 14.9 Å². The monoisotopic (exact) mass is 300 g/mol. The third-order valence-corrected chi connectivity index (χ3v) is 2.91. The maximum atomic E-state index is 12.0. The van der Waals surface area contributed by atoms with Gasteiger partial charge in [0.05, 0.1) is 9.95 Å². The van der Waals surface area contributed by atoms with Gasteiger partial charge in [-0.25, -0.2) is 4.79 Å². The van der Waals surface area contributed by atoms with Gasteiger partial charge in [-0.15, -0.1) is 0 Å². The zero-order chi connectivity index (χ0) is 15.3. The van der Waals surface area contributed by atoms with E-state index in [1.165, 1.54) is 12.1 Å². The number of rotatable bonds is 6. The largest absolute Gasteiger partial charge is 0.480 e. The summed E-state index contributed by atoms with van der Waals surface area (Å²) in [6, 6.07) is 2.70. The predicted molar refractivity (Wildman–Crippen MR) is 71.9 cm³/mol. The summed E-state index contributed by atoms with van der Waals surface area (Å²) in [7, 11) is 0. The number of carbonyl (C=O) groups excluding carboxylic acids is 1. The van der Waals surface area contributed by atoms with Gasteiger partial charge in [0.2, 0.25) is 0 Å². The molecule has 0 heterocycles. The van der Waals surface area contributed by atoms with E-state index in [9.17, 15) is 19.7 Å². The number of aliphatic carboxylic acids is 1. The van der Waals surface area contributed by atoms with E-state index in [1.54, 1.807) is 6.92 Å². The number of hydrogen-bond acceptors (Lipinski definition) is 4. The average Bonchev–Trinajstić information content (AvgIpc) is 2.37. The Morgan fingerprint density at radius 1 is 1.50 bits per heavy atom. The van der Waals surface area contributed by atoms with Crippen LogP contribution in [0.2, 0.25) is 5.02 Å². The molecule has 0 aliphatic carbocycles. The van der Waals surface area contributed by atoms with E-state index in [0.29, 0.717) is 6.42 Å². The number of benzene rings is 1. The Bertz CT molecular complexity index is 547. The Labute approximate surface area is 119 Å². The fourth-order valence-electron chi connectivity index (χ4n) is 1.67. The van der Waals surface area contributed by atoms with Crippen molar-refractivity contribution in [2.24, 2.45) is 0 Å². The van der Waals surface area contributed by atoms with Crippen LogP contribution in [-0.4, -0.2) is 27.9 Å². The van der Waals surface area contributed by atoms with E-state index in [0.717, 1.165) is 6.07 Å². The van der Waals surface area contributed by atoms with Crippen LogP contribution in [0.25, 0.3) is 0 Å². The zero-order valence-electron chi connectivity index (χ0n) is 10.6. The quantitative estimate of drug-likeness (QED) is 0.618. The predicted octanol–water partition coefficient (Wildman–Crippen LogP) is 2.23. The summed E-state index contributed by atoms with van der Waals surface area (Å²) < 4.78 is 0. The maximum Gasteiger partial charge on any atom is 0.326 e. The second-order valence-corrected chi connectivity index (χ2v) is 4.45. The SMILES string of the molecule is CCC[C@@H](NC(=O)c1c(Cl)cccc1[N+](=O)[O-])C(=O)O. The Balaban J connectivity index is 3.09. The van der Waals surface area contributed by atoms with Crippen molar-refractivity contribution < 1.29 is 19.6 Å². The van der Waals surface area contributed by atoms with Crippen LogP contribution >= 0.6 is 11.6 Å². The van der Waals surface area contributed by atoms with Crippen molar-refractivity contribution in [3.8, 4) is 0 Å². The fourth-order valence-corrected chi connectivity index (χ4v) is 1.92. The van der Waals surface area contributed by atoms with Gasteiger partial charge in [0.15, 0.2) is 0 Å². The minimum Gasteiger partial charge on any atom is -0.480 e. The van der Waals surface area contributed by atoms with Crippen molar-refractivity contribution in [2.75, 3.05) is 0 Å². The first-order valence-corrected chi connectivity index (χ1v) is 6.22. The molecule has 0 fully saturated rings. The van der Waals surface area contributed by atoms with Gasteiger partial charge in [-0.2, -0.15) is 0 Å². The molecule has 0 spiro atoms. The highest BCUT2D eigenvalue weighted by atomic mass is 35.5. The summed E-state index contributed by atoms with van der Waals surface area (Å²) in [4.78, 5) is 33.1. The van der Waals surface area contributed by atoms with E-state index in [4.69, 9.17) is 16.7 Å². The molecule has 20 heavy (non-hydrogen) atoms. The molecule has 1 aromatic rings. The van der Waals surface area contributed by atoms with Crippen molar-refractivity contribution in [1.82, 2.24) is 5.32 Å². The molecule has 1 rings (SSSR count). The van der Waals surface area contributed by atoms with Gasteiger partial charge in [0, 0.05) is 6.07 Å². The summed E-state index contributed by atoms with van der Waals surface area (Å²) in [6.45, 7) is 1.76. The van der Waals surface area contributed by atoms with Gasteiger partial charge >= 0.3 is 5.97 Å². The molecular formula is C12H13ClN2O5. The Morgan fingerprint density at radius 3 is 2.65 bits per heavy atom.